The maximum atomic E-state index is 12.0. The summed E-state index contributed by atoms with van der Waals surface area (Å²) in [6.45, 7) is 4.81. The van der Waals surface area contributed by atoms with Crippen molar-refractivity contribution < 1.29 is 4.79 Å². The van der Waals surface area contributed by atoms with Gasteiger partial charge in [-0.2, -0.15) is 11.8 Å². The number of amides is 1. The van der Waals surface area contributed by atoms with Crippen molar-refractivity contribution in [2.45, 2.75) is 26.0 Å². The quantitative estimate of drug-likeness (QED) is 0.744. The average Bonchev–Trinajstić information content (AvgIpc) is 2.51. The van der Waals surface area contributed by atoms with Crippen LogP contribution in [0.5, 0.6) is 0 Å². The van der Waals surface area contributed by atoms with E-state index in [1.54, 1.807) is 0 Å². The number of hydrogen-bond donors (Lipinski definition) is 1. The zero-order valence-corrected chi connectivity index (χ0v) is 15.1. The van der Waals surface area contributed by atoms with Crippen LogP contribution in [0.2, 0.25) is 5.02 Å². The summed E-state index contributed by atoms with van der Waals surface area (Å²) in [5, 5.41) is 3.75. The van der Waals surface area contributed by atoms with Gasteiger partial charge in [-0.05, 0) is 42.7 Å². The zero-order valence-electron chi connectivity index (χ0n) is 13.6. The molecule has 2 nitrogen and oxygen atoms in total. The second-order valence-corrected chi connectivity index (χ2v) is 7.18. The second-order valence-electron chi connectivity index (χ2n) is 5.64. The summed E-state index contributed by atoms with van der Waals surface area (Å²) < 4.78 is 0. The summed E-state index contributed by atoms with van der Waals surface area (Å²) in [5.41, 5.74) is 4.76. The summed E-state index contributed by atoms with van der Waals surface area (Å²) in [5.74, 6) is 1.93. The van der Waals surface area contributed by atoms with Gasteiger partial charge in [0.15, 0.2) is 0 Å². The van der Waals surface area contributed by atoms with Gasteiger partial charge in [-0.1, -0.05) is 47.5 Å². The predicted octanol–water partition coefficient (Wildman–Crippen LogP) is 4.55. The van der Waals surface area contributed by atoms with Crippen LogP contribution in [0.15, 0.2) is 42.5 Å². The molecule has 0 aromatic heterocycles. The van der Waals surface area contributed by atoms with E-state index in [1.165, 1.54) is 16.7 Å². The molecule has 0 atom stereocenters. The maximum absolute atomic E-state index is 12.0. The zero-order chi connectivity index (χ0) is 16.7. The summed E-state index contributed by atoms with van der Waals surface area (Å²) in [4.78, 5) is 12.0. The van der Waals surface area contributed by atoms with Crippen LogP contribution in [-0.4, -0.2) is 18.2 Å². The normalized spacial score (nSPS) is 10.6. The van der Waals surface area contributed by atoms with E-state index in [-0.39, 0.29) is 5.91 Å². The molecule has 0 saturated heterocycles. The number of rotatable bonds is 7. The van der Waals surface area contributed by atoms with Gasteiger partial charge in [0.25, 0.3) is 0 Å². The Morgan fingerprint density at radius 2 is 1.87 bits per heavy atom. The summed E-state index contributed by atoms with van der Waals surface area (Å²) in [6.07, 6.45) is 0.452. The maximum Gasteiger partial charge on any atom is 0.224 e. The lowest BCUT2D eigenvalue weighted by atomic mass is 10.0. The van der Waals surface area contributed by atoms with Gasteiger partial charge >= 0.3 is 0 Å². The third-order valence-electron chi connectivity index (χ3n) is 3.60. The Labute approximate surface area is 147 Å². The number of carbonyl (C=O) groups excluding carboxylic acids is 1. The Balaban J connectivity index is 1.65. The van der Waals surface area contributed by atoms with Crippen molar-refractivity contribution in [3.8, 4) is 0 Å². The first-order valence-corrected chi connectivity index (χ1v) is 9.23. The van der Waals surface area contributed by atoms with Crippen LogP contribution in [0, 0.1) is 13.8 Å². The Bertz CT molecular complexity index is 655. The molecule has 0 spiro atoms. The van der Waals surface area contributed by atoms with E-state index in [1.807, 2.05) is 42.1 Å². The number of nitrogens with one attached hydrogen (secondary N) is 1. The molecule has 0 fully saturated rings. The molecule has 0 heterocycles. The summed E-state index contributed by atoms with van der Waals surface area (Å²) >= 11 is 7.67. The SMILES string of the molecule is Cc1ccc(CC(=O)NCCSCc2ccc(Cl)cc2)c(C)c1. The third-order valence-corrected chi connectivity index (χ3v) is 4.88. The van der Waals surface area contributed by atoms with E-state index in [4.69, 9.17) is 11.6 Å². The van der Waals surface area contributed by atoms with Crippen LogP contribution in [-0.2, 0) is 17.0 Å². The van der Waals surface area contributed by atoms with Gasteiger partial charge in [0.1, 0.15) is 0 Å². The van der Waals surface area contributed by atoms with Crippen LogP contribution in [0.1, 0.15) is 22.3 Å². The van der Waals surface area contributed by atoms with Crippen LogP contribution in [0.4, 0.5) is 0 Å². The molecule has 0 bridgehead atoms. The first kappa shape index (κ1) is 17.9. The van der Waals surface area contributed by atoms with E-state index in [0.717, 1.165) is 22.1 Å². The molecule has 2 aromatic rings. The van der Waals surface area contributed by atoms with Crippen molar-refractivity contribution in [3.05, 3.63) is 69.7 Å². The van der Waals surface area contributed by atoms with E-state index >= 15 is 0 Å². The van der Waals surface area contributed by atoms with Crippen molar-refractivity contribution in [1.29, 1.82) is 0 Å². The number of hydrogen-bond acceptors (Lipinski definition) is 2. The minimum absolute atomic E-state index is 0.0871. The Kier molecular flexibility index (Phi) is 7.00. The molecule has 0 saturated carbocycles. The molecule has 23 heavy (non-hydrogen) atoms. The first-order valence-electron chi connectivity index (χ1n) is 7.69. The van der Waals surface area contributed by atoms with E-state index in [2.05, 4.69) is 31.3 Å². The molecule has 2 aromatic carbocycles. The van der Waals surface area contributed by atoms with E-state index in [9.17, 15) is 4.79 Å². The van der Waals surface area contributed by atoms with Crippen LogP contribution in [0.25, 0.3) is 0 Å². The Morgan fingerprint density at radius 3 is 2.57 bits per heavy atom. The number of carbonyl (C=O) groups is 1. The average molecular weight is 348 g/mol. The summed E-state index contributed by atoms with van der Waals surface area (Å²) in [6, 6.07) is 14.1. The Morgan fingerprint density at radius 1 is 1.13 bits per heavy atom. The molecule has 2 rings (SSSR count). The van der Waals surface area contributed by atoms with Gasteiger partial charge in [-0.25, -0.2) is 0 Å². The van der Waals surface area contributed by atoms with Gasteiger partial charge in [0, 0.05) is 23.1 Å². The lowest BCUT2D eigenvalue weighted by molar-refractivity contribution is -0.120. The molecule has 0 aliphatic rings. The third kappa shape index (κ3) is 6.28. The Hall–Kier alpha value is -1.45. The molecule has 1 amide bonds. The number of aryl methyl sites for hydroxylation is 2. The van der Waals surface area contributed by atoms with Gasteiger partial charge in [0.05, 0.1) is 6.42 Å². The summed E-state index contributed by atoms with van der Waals surface area (Å²) in [7, 11) is 0. The molecule has 0 aliphatic carbocycles. The number of thioether (sulfide) groups is 1. The molecule has 0 radical (unpaired) electrons. The highest BCUT2D eigenvalue weighted by Crippen LogP contribution is 2.15. The molecule has 0 unspecified atom stereocenters. The number of benzene rings is 2. The van der Waals surface area contributed by atoms with Gasteiger partial charge in [-0.3, -0.25) is 4.79 Å². The molecule has 4 heteroatoms. The first-order chi connectivity index (χ1) is 11.0. The highest BCUT2D eigenvalue weighted by Gasteiger charge is 2.05. The van der Waals surface area contributed by atoms with Crippen molar-refractivity contribution in [3.63, 3.8) is 0 Å². The van der Waals surface area contributed by atoms with Gasteiger partial charge in [0.2, 0.25) is 5.91 Å². The van der Waals surface area contributed by atoms with E-state index < -0.39 is 0 Å². The van der Waals surface area contributed by atoms with Crippen LogP contribution in [0.3, 0.4) is 0 Å². The van der Waals surface area contributed by atoms with E-state index in [0.29, 0.717) is 13.0 Å². The monoisotopic (exact) mass is 347 g/mol. The predicted molar refractivity (Wildman–Crippen MR) is 100 cm³/mol. The molecule has 0 aliphatic heterocycles. The van der Waals surface area contributed by atoms with Gasteiger partial charge in [-0.15, -0.1) is 0 Å². The molecular weight excluding hydrogens is 326 g/mol. The van der Waals surface area contributed by atoms with Crippen molar-refractivity contribution >= 4 is 29.3 Å². The lowest BCUT2D eigenvalue weighted by Gasteiger charge is -2.08. The fraction of sp³-hybridized carbons (Fsp3) is 0.316. The minimum Gasteiger partial charge on any atom is -0.355 e. The smallest absolute Gasteiger partial charge is 0.224 e. The fourth-order valence-electron chi connectivity index (χ4n) is 2.31. The van der Waals surface area contributed by atoms with Gasteiger partial charge < -0.3 is 5.32 Å². The van der Waals surface area contributed by atoms with Crippen molar-refractivity contribution in [2.75, 3.05) is 12.3 Å². The number of halogens is 1. The topological polar surface area (TPSA) is 29.1 Å². The van der Waals surface area contributed by atoms with Crippen molar-refractivity contribution in [2.24, 2.45) is 0 Å². The molecule has 122 valence electrons. The highest BCUT2D eigenvalue weighted by atomic mass is 35.5. The largest absolute Gasteiger partial charge is 0.355 e. The van der Waals surface area contributed by atoms with Crippen molar-refractivity contribution in [1.82, 2.24) is 5.32 Å². The minimum atomic E-state index is 0.0871. The molecular formula is C19H22ClNOS. The van der Waals surface area contributed by atoms with Crippen LogP contribution >= 0.6 is 23.4 Å². The fourth-order valence-corrected chi connectivity index (χ4v) is 3.26. The standard InChI is InChI=1S/C19H22ClNOS/c1-14-3-6-17(15(2)11-14)12-19(22)21-9-10-23-13-16-4-7-18(20)8-5-16/h3-8,11H,9-10,12-13H2,1-2H3,(H,21,22). The lowest BCUT2D eigenvalue weighted by Crippen LogP contribution is -2.27. The van der Waals surface area contributed by atoms with Crippen LogP contribution < -0.4 is 5.32 Å². The molecule has 1 N–H and O–H groups in total. The highest BCUT2D eigenvalue weighted by molar-refractivity contribution is 7.98. The second kappa shape index (κ2) is 8.99.